The Bertz CT molecular complexity index is 578. The Labute approximate surface area is 122 Å². The van der Waals surface area contributed by atoms with Gasteiger partial charge in [0.2, 0.25) is 5.95 Å². The highest BCUT2D eigenvalue weighted by Crippen LogP contribution is 2.19. The Kier molecular flexibility index (Phi) is 4.90. The smallest absolute Gasteiger partial charge is 0.325 e. The molecular weight excluding hydrogens is 278 g/mol. The molecule has 0 saturated carbocycles. The van der Waals surface area contributed by atoms with E-state index >= 15 is 0 Å². The van der Waals surface area contributed by atoms with Crippen LogP contribution in [0.2, 0.25) is 5.02 Å². The number of rotatable bonds is 5. The number of hydrogen-bond acceptors (Lipinski definition) is 5. The van der Waals surface area contributed by atoms with Gasteiger partial charge in [0.15, 0.2) is 0 Å². The van der Waals surface area contributed by atoms with Crippen LogP contribution in [-0.2, 0) is 16.1 Å². The monoisotopic (exact) mass is 291 g/mol. The van der Waals surface area contributed by atoms with Crippen LogP contribution in [0, 0.1) is 0 Å². The van der Waals surface area contributed by atoms with Gasteiger partial charge in [-0.3, -0.25) is 4.79 Å². The molecule has 2 rings (SSSR count). The highest BCUT2D eigenvalue weighted by atomic mass is 35.5. The average molecular weight is 292 g/mol. The van der Waals surface area contributed by atoms with Gasteiger partial charge in [-0.15, -0.1) is 0 Å². The van der Waals surface area contributed by atoms with Gasteiger partial charge in [-0.1, -0.05) is 29.8 Å². The summed E-state index contributed by atoms with van der Waals surface area (Å²) < 4.78 is 4.70. The summed E-state index contributed by atoms with van der Waals surface area (Å²) in [6.45, 7) is 0.491. The molecule has 0 atom stereocenters. The van der Waals surface area contributed by atoms with Gasteiger partial charge in [0.05, 0.1) is 7.11 Å². The van der Waals surface area contributed by atoms with E-state index in [0.29, 0.717) is 17.5 Å². The van der Waals surface area contributed by atoms with Gasteiger partial charge in [-0.05, 0) is 17.7 Å². The number of anilines is 1. The molecule has 1 aromatic carbocycles. The molecule has 0 spiro atoms. The minimum absolute atomic E-state index is 0.0612. The summed E-state index contributed by atoms with van der Waals surface area (Å²) in [5.74, 6) is 0.0994. The predicted octanol–water partition coefficient (Wildman–Crippen LogP) is 2.31. The highest BCUT2D eigenvalue weighted by Gasteiger charge is 2.15. The van der Waals surface area contributed by atoms with Crippen molar-refractivity contribution in [1.29, 1.82) is 0 Å². The number of esters is 1. The Morgan fingerprint density at radius 1 is 1.25 bits per heavy atom. The number of benzene rings is 1. The molecule has 0 aliphatic carbocycles. The van der Waals surface area contributed by atoms with E-state index in [1.807, 2.05) is 18.2 Å². The van der Waals surface area contributed by atoms with Crippen LogP contribution in [0.5, 0.6) is 0 Å². The molecule has 0 N–H and O–H groups in total. The van der Waals surface area contributed by atoms with Gasteiger partial charge in [-0.25, -0.2) is 9.97 Å². The third kappa shape index (κ3) is 3.68. The van der Waals surface area contributed by atoms with Crippen molar-refractivity contribution >= 4 is 23.5 Å². The maximum Gasteiger partial charge on any atom is 0.325 e. The zero-order valence-electron chi connectivity index (χ0n) is 11.0. The van der Waals surface area contributed by atoms with E-state index in [0.717, 1.165) is 5.56 Å². The van der Waals surface area contributed by atoms with Gasteiger partial charge >= 0.3 is 5.97 Å². The summed E-state index contributed by atoms with van der Waals surface area (Å²) in [5, 5.41) is 0.637. The van der Waals surface area contributed by atoms with Crippen LogP contribution in [0.4, 0.5) is 5.95 Å². The molecule has 0 amide bonds. The van der Waals surface area contributed by atoms with E-state index in [1.54, 1.807) is 29.4 Å². The first-order valence-corrected chi connectivity index (χ1v) is 6.40. The van der Waals surface area contributed by atoms with Crippen molar-refractivity contribution < 1.29 is 9.53 Å². The first-order valence-electron chi connectivity index (χ1n) is 6.03. The number of methoxy groups -OCH3 is 1. The van der Waals surface area contributed by atoms with E-state index in [9.17, 15) is 4.79 Å². The van der Waals surface area contributed by atoms with Gasteiger partial charge in [0.1, 0.15) is 6.54 Å². The molecule has 0 aliphatic heterocycles. The van der Waals surface area contributed by atoms with E-state index in [4.69, 9.17) is 16.3 Å². The molecule has 0 bridgehead atoms. The summed E-state index contributed by atoms with van der Waals surface area (Å²) in [7, 11) is 1.35. The number of ether oxygens (including phenoxy) is 1. The third-order valence-corrected chi connectivity index (χ3v) is 3.07. The van der Waals surface area contributed by atoms with Crippen LogP contribution in [0.1, 0.15) is 5.56 Å². The number of halogens is 1. The Hall–Kier alpha value is -2.14. The molecule has 1 heterocycles. The minimum atomic E-state index is -0.357. The second kappa shape index (κ2) is 6.86. The fraction of sp³-hybridized carbons (Fsp3) is 0.214. The van der Waals surface area contributed by atoms with E-state index in [1.165, 1.54) is 7.11 Å². The van der Waals surface area contributed by atoms with Crippen LogP contribution >= 0.6 is 11.6 Å². The summed E-state index contributed by atoms with van der Waals surface area (Å²) in [5.41, 5.74) is 0.894. The van der Waals surface area contributed by atoms with Gasteiger partial charge < -0.3 is 9.64 Å². The summed E-state index contributed by atoms with van der Waals surface area (Å²) in [6.07, 6.45) is 3.25. The SMILES string of the molecule is COC(=O)CN(Cc1ccccc1Cl)c1ncccn1. The van der Waals surface area contributed by atoms with E-state index < -0.39 is 0 Å². The van der Waals surface area contributed by atoms with Crippen molar-refractivity contribution in [3.63, 3.8) is 0 Å². The lowest BCUT2D eigenvalue weighted by Crippen LogP contribution is -2.31. The first kappa shape index (κ1) is 14.3. The standard InChI is InChI=1S/C14H14ClN3O2/c1-20-13(19)10-18(14-16-7-4-8-17-14)9-11-5-2-3-6-12(11)15/h2-8H,9-10H2,1H3. The lowest BCUT2D eigenvalue weighted by atomic mass is 10.2. The zero-order valence-corrected chi connectivity index (χ0v) is 11.7. The van der Waals surface area contributed by atoms with Crippen LogP contribution < -0.4 is 4.90 Å². The van der Waals surface area contributed by atoms with Crippen molar-refractivity contribution in [3.8, 4) is 0 Å². The fourth-order valence-electron chi connectivity index (χ4n) is 1.70. The Morgan fingerprint density at radius 2 is 1.95 bits per heavy atom. The normalized spacial score (nSPS) is 10.1. The third-order valence-electron chi connectivity index (χ3n) is 2.70. The molecule has 2 aromatic rings. The molecule has 1 aromatic heterocycles. The van der Waals surface area contributed by atoms with Gasteiger partial charge in [0, 0.05) is 24.0 Å². The molecule has 0 radical (unpaired) electrons. The molecule has 5 nitrogen and oxygen atoms in total. The lowest BCUT2D eigenvalue weighted by molar-refractivity contribution is -0.139. The predicted molar refractivity (Wildman–Crippen MR) is 76.6 cm³/mol. The Morgan fingerprint density at radius 3 is 2.60 bits per heavy atom. The van der Waals surface area contributed by atoms with Crippen LogP contribution in [-0.4, -0.2) is 29.6 Å². The molecule has 0 fully saturated rings. The summed E-state index contributed by atoms with van der Waals surface area (Å²) >= 11 is 6.14. The molecule has 20 heavy (non-hydrogen) atoms. The van der Waals surface area contributed by atoms with Crippen molar-refractivity contribution in [2.24, 2.45) is 0 Å². The second-order valence-electron chi connectivity index (χ2n) is 4.07. The summed E-state index contributed by atoms with van der Waals surface area (Å²) in [4.78, 5) is 21.5. The van der Waals surface area contributed by atoms with Crippen molar-refractivity contribution in [1.82, 2.24) is 9.97 Å². The highest BCUT2D eigenvalue weighted by molar-refractivity contribution is 6.31. The molecule has 0 saturated heterocycles. The minimum Gasteiger partial charge on any atom is -0.468 e. The van der Waals surface area contributed by atoms with Crippen LogP contribution in [0.3, 0.4) is 0 Å². The van der Waals surface area contributed by atoms with E-state index in [-0.39, 0.29) is 12.5 Å². The summed E-state index contributed by atoms with van der Waals surface area (Å²) in [6, 6.07) is 9.17. The molecule has 0 aliphatic rings. The van der Waals surface area contributed by atoms with Crippen LogP contribution in [0.15, 0.2) is 42.7 Å². The van der Waals surface area contributed by atoms with Crippen molar-refractivity contribution in [3.05, 3.63) is 53.3 Å². The quantitative estimate of drug-likeness (QED) is 0.791. The maximum absolute atomic E-state index is 11.5. The van der Waals surface area contributed by atoms with Gasteiger partial charge in [-0.2, -0.15) is 0 Å². The zero-order chi connectivity index (χ0) is 14.4. The topological polar surface area (TPSA) is 55.3 Å². The Balaban J connectivity index is 2.23. The molecule has 6 heteroatoms. The number of carbonyl (C=O) groups excluding carboxylic acids is 1. The molecule has 104 valence electrons. The molecule has 0 unspecified atom stereocenters. The number of nitrogens with zero attached hydrogens (tertiary/aromatic N) is 3. The van der Waals surface area contributed by atoms with Gasteiger partial charge in [0.25, 0.3) is 0 Å². The molecular formula is C14H14ClN3O2. The average Bonchev–Trinajstić information content (AvgIpc) is 2.49. The lowest BCUT2D eigenvalue weighted by Gasteiger charge is -2.21. The number of aromatic nitrogens is 2. The number of carbonyl (C=O) groups is 1. The number of hydrogen-bond donors (Lipinski definition) is 0. The van der Waals surface area contributed by atoms with Crippen molar-refractivity contribution in [2.75, 3.05) is 18.6 Å². The fourth-order valence-corrected chi connectivity index (χ4v) is 1.90. The van der Waals surface area contributed by atoms with Crippen molar-refractivity contribution in [2.45, 2.75) is 6.54 Å². The maximum atomic E-state index is 11.5. The van der Waals surface area contributed by atoms with Crippen LogP contribution in [0.25, 0.3) is 0 Å². The first-order chi connectivity index (χ1) is 9.70. The van der Waals surface area contributed by atoms with E-state index in [2.05, 4.69) is 9.97 Å². The largest absolute Gasteiger partial charge is 0.468 e. The second-order valence-corrected chi connectivity index (χ2v) is 4.48.